The number of aromatic hydroxyl groups is 1. The number of carbonyl (C=O) groups is 1. The van der Waals surface area contributed by atoms with Gasteiger partial charge in [-0.25, -0.2) is 0 Å². The maximum Gasteiger partial charge on any atom is 0.419 e. The number of hydrogen-bond acceptors (Lipinski definition) is 4. The molecule has 0 aromatic heterocycles. The number of phenolic OH excluding ortho intramolecular Hbond substituents is 1. The molecule has 4 nitrogen and oxygen atoms in total. The van der Waals surface area contributed by atoms with Gasteiger partial charge in [-0.2, -0.15) is 24.9 Å². The van der Waals surface area contributed by atoms with Crippen LogP contribution in [0.25, 0.3) is 0 Å². The Bertz CT molecular complexity index is 557. The Balaban J connectivity index is 2.26. The van der Waals surface area contributed by atoms with E-state index in [1.54, 1.807) is 11.8 Å². The monoisotopic (exact) mass is 335 g/mol. The van der Waals surface area contributed by atoms with Crippen LogP contribution in [-0.2, 0) is 6.18 Å². The van der Waals surface area contributed by atoms with Crippen LogP contribution in [0.1, 0.15) is 28.8 Å². The number of halogens is 3. The summed E-state index contributed by atoms with van der Waals surface area (Å²) in [7, 11) is 0. The Morgan fingerprint density at radius 2 is 1.95 bits per heavy atom. The van der Waals surface area contributed by atoms with Gasteiger partial charge in [-0.15, -0.1) is 0 Å². The molecule has 1 amide bonds. The van der Waals surface area contributed by atoms with E-state index in [0.717, 1.165) is 23.6 Å². The van der Waals surface area contributed by atoms with Gasteiger partial charge in [0.2, 0.25) is 0 Å². The predicted molar refractivity (Wildman–Crippen MR) is 77.0 cm³/mol. The molecule has 1 fully saturated rings. The fraction of sp³-hybridized carbons (Fsp3) is 0.500. The lowest BCUT2D eigenvalue weighted by atomic mass is 9.92. The van der Waals surface area contributed by atoms with Gasteiger partial charge in [0.25, 0.3) is 5.91 Å². The van der Waals surface area contributed by atoms with Crippen molar-refractivity contribution in [1.82, 2.24) is 5.32 Å². The Morgan fingerprint density at radius 1 is 1.32 bits per heavy atom. The molecule has 2 rings (SSSR count). The van der Waals surface area contributed by atoms with Crippen molar-refractivity contribution in [2.24, 2.45) is 0 Å². The summed E-state index contributed by atoms with van der Waals surface area (Å²) in [6.45, 7) is -0.293. The minimum Gasteiger partial charge on any atom is -0.506 e. The van der Waals surface area contributed by atoms with Crippen LogP contribution in [0.5, 0.6) is 5.75 Å². The van der Waals surface area contributed by atoms with Crippen molar-refractivity contribution in [3.05, 3.63) is 29.3 Å². The second kappa shape index (κ2) is 6.37. The standard InChI is InChI=1S/C14H16F3NO3S/c15-14(16,17)10-3-1-2-9(11(10)20)12(21)18-13(8-19)4-6-22-7-5-13/h1-3,19-20H,4-8H2,(H,18,21). The summed E-state index contributed by atoms with van der Waals surface area (Å²) in [6.07, 6.45) is -3.68. The highest BCUT2D eigenvalue weighted by molar-refractivity contribution is 7.99. The molecular formula is C14H16F3NO3S. The van der Waals surface area contributed by atoms with E-state index in [2.05, 4.69) is 5.32 Å². The van der Waals surface area contributed by atoms with Crippen LogP contribution in [0, 0.1) is 0 Å². The van der Waals surface area contributed by atoms with Crippen molar-refractivity contribution in [1.29, 1.82) is 0 Å². The first-order valence-electron chi connectivity index (χ1n) is 6.69. The van der Waals surface area contributed by atoms with Gasteiger partial charge in [-0.3, -0.25) is 4.79 Å². The fourth-order valence-electron chi connectivity index (χ4n) is 2.35. The van der Waals surface area contributed by atoms with Gasteiger partial charge in [0.15, 0.2) is 0 Å². The summed E-state index contributed by atoms with van der Waals surface area (Å²) in [5.41, 5.74) is -2.54. The molecule has 0 bridgehead atoms. The number of nitrogens with one attached hydrogen (secondary N) is 1. The molecule has 22 heavy (non-hydrogen) atoms. The quantitative estimate of drug-likeness (QED) is 0.793. The first-order valence-corrected chi connectivity index (χ1v) is 7.85. The molecule has 0 spiro atoms. The highest BCUT2D eigenvalue weighted by Crippen LogP contribution is 2.37. The molecule has 1 aliphatic heterocycles. The first-order chi connectivity index (χ1) is 10.3. The lowest BCUT2D eigenvalue weighted by Crippen LogP contribution is -2.53. The maximum absolute atomic E-state index is 12.8. The number of thioether (sulfide) groups is 1. The van der Waals surface area contributed by atoms with Crippen molar-refractivity contribution >= 4 is 17.7 Å². The lowest BCUT2D eigenvalue weighted by Gasteiger charge is -2.36. The highest BCUT2D eigenvalue weighted by atomic mass is 32.2. The molecule has 1 heterocycles. The summed E-state index contributed by atoms with van der Waals surface area (Å²) in [4.78, 5) is 12.2. The van der Waals surface area contributed by atoms with Crippen LogP contribution in [0.2, 0.25) is 0 Å². The fourth-order valence-corrected chi connectivity index (χ4v) is 3.62. The number of phenols is 1. The summed E-state index contributed by atoms with van der Waals surface area (Å²) in [5, 5.41) is 21.8. The van der Waals surface area contributed by atoms with E-state index in [4.69, 9.17) is 0 Å². The van der Waals surface area contributed by atoms with Crippen molar-refractivity contribution < 1.29 is 28.2 Å². The Hall–Kier alpha value is -1.41. The molecule has 0 unspecified atom stereocenters. The smallest absolute Gasteiger partial charge is 0.419 e. The minimum absolute atomic E-state index is 0.293. The van der Waals surface area contributed by atoms with E-state index in [9.17, 15) is 28.2 Å². The molecule has 1 aromatic rings. The predicted octanol–water partition coefficient (Wildman–Crippen LogP) is 2.40. The Labute approximate surface area is 129 Å². The van der Waals surface area contributed by atoms with E-state index in [-0.39, 0.29) is 6.61 Å². The van der Waals surface area contributed by atoms with Crippen molar-refractivity contribution in [3.63, 3.8) is 0 Å². The number of rotatable bonds is 3. The summed E-state index contributed by atoms with van der Waals surface area (Å²) >= 11 is 1.68. The Kier molecular flexibility index (Phi) is 4.91. The lowest BCUT2D eigenvalue weighted by molar-refractivity contribution is -0.138. The zero-order valence-corrected chi connectivity index (χ0v) is 12.4. The van der Waals surface area contributed by atoms with Crippen LogP contribution in [0.15, 0.2) is 18.2 Å². The number of aliphatic hydroxyl groups is 1. The second-order valence-corrected chi connectivity index (χ2v) is 6.43. The maximum atomic E-state index is 12.8. The van der Waals surface area contributed by atoms with E-state index in [1.165, 1.54) is 0 Å². The van der Waals surface area contributed by atoms with Crippen LogP contribution in [0.3, 0.4) is 0 Å². The number of carbonyl (C=O) groups excluding carboxylic acids is 1. The zero-order chi connectivity index (χ0) is 16.4. The molecule has 0 saturated carbocycles. The average molecular weight is 335 g/mol. The molecular weight excluding hydrogens is 319 g/mol. The van der Waals surface area contributed by atoms with Crippen LogP contribution < -0.4 is 5.32 Å². The van der Waals surface area contributed by atoms with Gasteiger partial charge < -0.3 is 15.5 Å². The zero-order valence-electron chi connectivity index (χ0n) is 11.6. The van der Waals surface area contributed by atoms with Crippen molar-refractivity contribution in [3.8, 4) is 5.75 Å². The third-order valence-electron chi connectivity index (χ3n) is 3.72. The van der Waals surface area contributed by atoms with Crippen LogP contribution in [0.4, 0.5) is 13.2 Å². The van der Waals surface area contributed by atoms with E-state index in [1.807, 2.05) is 0 Å². The van der Waals surface area contributed by atoms with Gasteiger partial charge in [0.1, 0.15) is 5.75 Å². The topological polar surface area (TPSA) is 69.6 Å². The molecule has 3 N–H and O–H groups in total. The van der Waals surface area contributed by atoms with Crippen LogP contribution >= 0.6 is 11.8 Å². The molecule has 1 aromatic carbocycles. The van der Waals surface area contributed by atoms with Crippen molar-refractivity contribution in [2.45, 2.75) is 24.6 Å². The molecule has 0 atom stereocenters. The number of benzene rings is 1. The van der Waals surface area contributed by atoms with Crippen LogP contribution in [-0.4, -0.2) is 39.8 Å². The number of amides is 1. The van der Waals surface area contributed by atoms with Gasteiger partial charge >= 0.3 is 6.18 Å². The molecule has 1 saturated heterocycles. The SMILES string of the molecule is O=C(NC1(CO)CCSCC1)c1cccc(C(F)(F)F)c1O. The number of para-hydroxylation sites is 1. The summed E-state index contributed by atoms with van der Waals surface area (Å²) in [5.74, 6) is -0.416. The molecule has 122 valence electrons. The largest absolute Gasteiger partial charge is 0.506 e. The van der Waals surface area contributed by atoms with E-state index >= 15 is 0 Å². The molecule has 8 heteroatoms. The first kappa shape index (κ1) is 17.0. The molecule has 0 radical (unpaired) electrons. The normalized spacial score (nSPS) is 18.0. The number of alkyl halides is 3. The van der Waals surface area contributed by atoms with Gasteiger partial charge in [-0.05, 0) is 36.5 Å². The van der Waals surface area contributed by atoms with Gasteiger partial charge in [-0.1, -0.05) is 6.07 Å². The van der Waals surface area contributed by atoms with Crippen molar-refractivity contribution in [2.75, 3.05) is 18.1 Å². The third kappa shape index (κ3) is 3.49. The number of hydrogen-bond donors (Lipinski definition) is 3. The minimum atomic E-state index is -4.74. The molecule has 0 aliphatic carbocycles. The average Bonchev–Trinajstić information content (AvgIpc) is 2.47. The summed E-state index contributed by atoms with van der Waals surface area (Å²) in [6, 6.07) is 2.91. The van der Waals surface area contributed by atoms with E-state index < -0.39 is 34.5 Å². The highest BCUT2D eigenvalue weighted by Gasteiger charge is 2.37. The Morgan fingerprint density at radius 3 is 2.50 bits per heavy atom. The van der Waals surface area contributed by atoms with Gasteiger partial charge in [0.05, 0.1) is 23.3 Å². The third-order valence-corrected chi connectivity index (χ3v) is 4.70. The molecule has 1 aliphatic rings. The summed E-state index contributed by atoms with van der Waals surface area (Å²) < 4.78 is 38.3. The number of aliphatic hydroxyl groups excluding tert-OH is 1. The second-order valence-electron chi connectivity index (χ2n) is 5.20. The van der Waals surface area contributed by atoms with E-state index in [0.29, 0.717) is 18.9 Å². The van der Waals surface area contributed by atoms with Gasteiger partial charge in [0, 0.05) is 0 Å².